The minimum absolute atomic E-state index is 0.00705. The molecule has 2 heterocycles. The Morgan fingerprint density at radius 1 is 1.10 bits per heavy atom. The molecule has 1 aliphatic rings. The summed E-state index contributed by atoms with van der Waals surface area (Å²) in [5.74, 6) is 0.820. The maximum atomic E-state index is 11.7. The van der Waals surface area contributed by atoms with Crippen LogP contribution in [0.15, 0.2) is 59.0 Å². The number of esters is 1. The SMILES string of the molecule is COC(=O)c1ccc(-c2oc(-c3cccc([N+](=O)[O-])c3)cc2CN2CCOCC2)cc1. The monoisotopic (exact) mass is 422 g/mol. The number of benzene rings is 2. The quantitative estimate of drug-likeness (QED) is 0.335. The molecule has 4 rings (SSSR count). The van der Waals surface area contributed by atoms with Crippen molar-refractivity contribution in [3.8, 4) is 22.6 Å². The number of ether oxygens (including phenoxy) is 2. The van der Waals surface area contributed by atoms with Crippen molar-refractivity contribution in [3.05, 3.63) is 75.8 Å². The first-order chi connectivity index (χ1) is 15.0. The zero-order chi connectivity index (χ0) is 21.8. The predicted octanol–water partition coefficient (Wildman–Crippen LogP) is 4.14. The summed E-state index contributed by atoms with van der Waals surface area (Å²) in [6.45, 7) is 3.66. The Bertz CT molecular complexity index is 1080. The lowest BCUT2D eigenvalue weighted by Gasteiger charge is -2.26. The average molecular weight is 422 g/mol. The largest absolute Gasteiger partial charge is 0.465 e. The molecular weight excluding hydrogens is 400 g/mol. The molecule has 8 heteroatoms. The van der Waals surface area contributed by atoms with Crippen molar-refractivity contribution >= 4 is 11.7 Å². The van der Waals surface area contributed by atoms with E-state index in [9.17, 15) is 14.9 Å². The van der Waals surface area contributed by atoms with Crippen LogP contribution in [0, 0.1) is 10.1 Å². The van der Waals surface area contributed by atoms with Crippen LogP contribution in [-0.2, 0) is 16.0 Å². The highest BCUT2D eigenvalue weighted by Gasteiger charge is 2.20. The summed E-state index contributed by atoms with van der Waals surface area (Å²) in [4.78, 5) is 24.8. The number of methoxy groups -OCH3 is 1. The van der Waals surface area contributed by atoms with Crippen LogP contribution in [0.1, 0.15) is 15.9 Å². The van der Waals surface area contributed by atoms with E-state index < -0.39 is 10.9 Å². The molecule has 0 radical (unpaired) electrons. The van der Waals surface area contributed by atoms with Crippen molar-refractivity contribution in [1.82, 2.24) is 4.90 Å². The molecular formula is C23H22N2O6. The van der Waals surface area contributed by atoms with E-state index in [-0.39, 0.29) is 5.69 Å². The number of rotatable bonds is 6. The molecule has 0 aliphatic carbocycles. The van der Waals surface area contributed by atoms with Gasteiger partial charge in [0.15, 0.2) is 0 Å². The lowest BCUT2D eigenvalue weighted by Crippen LogP contribution is -2.35. The molecule has 0 unspecified atom stereocenters. The van der Waals surface area contributed by atoms with Crippen LogP contribution in [0.5, 0.6) is 0 Å². The van der Waals surface area contributed by atoms with E-state index in [1.54, 1.807) is 24.3 Å². The zero-order valence-corrected chi connectivity index (χ0v) is 17.1. The number of carbonyl (C=O) groups excluding carboxylic acids is 1. The van der Waals surface area contributed by atoms with Crippen LogP contribution in [0.25, 0.3) is 22.6 Å². The number of furan rings is 1. The van der Waals surface area contributed by atoms with Gasteiger partial charge in [0.1, 0.15) is 11.5 Å². The fourth-order valence-corrected chi connectivity index (χ4v) is 3.58. The Morgan fingerprint density at radius 2 is 1.84 bits per heavy atom. The van der Waals surface area contributed by atoms with Crippen molar-refractivity contribution in [2.24, 2.45) is 0 Å². The minimum atomic E-state index is -0.423. The number of non-ortho nitro benzene ring substituents is 1. The number of nitro groups is 1. The molecule has 1 saturated heterocycles. The Balaban J connectivity index is 1.72. The van der Waals surface area contributed by atoms with Gasteiger partial charge in [-0.2, -0.15) is 0 Å². The molecule has 1 aromatic heterocycles. The van der Waals surface area contributed by atoms with Gasteiger partial charge in [-0.15, -0.1) is 0 Å². The predicted molar refractivity (Wildman–Crippen MR) is 114 cm³/mol. The van der Waals surface area contributed by atoms with Gasteiger partial charge in [0.25, 0.3) is 5.69 Å². The van der Waals surface area contributed by atoms with Crippen LogP contribution in [-0.4, -0.2) is 49.2 Å². The molecule has 3 aromatic rings. The van der Waals surface area contributed by atoms with E-state index in [0.717, 1.165) is 24.2 Å². The van der Waals surface area contributed by atoms with Gasteiger partial charge in [0.05, 0.1) is 30.8 Å². The van der Waals surface area contributed by atoms with Crippen LogP contribution in [0.3, 0.4) is 0 Å². The van der Waals surface area contributed by atoms with Crippen molar-refractivity contribution in [1.29, 1.82) is 0 Å². The van der Waals surface area contributed by atoms with Crippen molar-refractivity contribution in [2.75, 3.05) is 33.4 Å². The molecule has 1 aliphatic heterocycles. The molecule has 0 atom stereocenters. The van der Waals surface area contributed by atoms with Crippen LogP contribution < -0.4 is 0 Å². The first kappa shape index (κ1) is 20.8. The van der Waals surface area contributed by atoms with E-state index in [0.29, 0.717) is 42.4 Å². The van der Waals surface area contributed by atoms with Crippen molar-refractivity contribution < 1.29 is 23.6 Å². The summed E-state index contributed by atoms with van der Waals surface area (Å²) in [6.07, 6.45) is 0. The second-order valence-corrected chi connectivity index (χ2v) is 7.23. The summed E-state index contributed by atoms with van der Waals surface area (Å²) in [5, 5.41) is 11.2. The van der Waals surface area contributed by atoms with E-state index >= 15 is 0 Å². The minimum Gasteiger partial charge on any atom is -0.465 e. The Labute approximate surface area is 179 Å². The molecule has 0 amide bonds. The topological polar surface area (TPSA) is 95.0 Å². The van der Waals surface area contributed by atoms with E-state index in [4.69, 9.17) is 13.9 Å². The first-order valence-electron chi connectivity index (χ1n) is 9.91. The van der Waals surface area contributed by atoms with Crippen LogP contribution >= 0.6 is 0 Å². The van der Waals surface area contributed by atoms with Gasteiger partial charge in [0, 0.05) is 48.5 Å². The number of hydrogen-bond acceptors (Lipinski definition) is 7. The molecule has 2 aromatic carbocycles. The van der Waals surface area contributed by atoms with Crippen molar-refractivity contribution in [3.63, 3.8) is 0 Å². The third-order valence-electron chi connectivity index (χ3n) is 5.22. The van der Waals surface area contributed by atoms with Gasteiger partial charge in [-0.1, -0.05) is 24.3 Å². The smallest absolute Gasteiger partial charge is 0.337 e. The highest BCUT2D eigenvalue weighted by Crippen LogP contribution is 2.35. The highest BCUT2D eigenvalue weighted by molar-refractivity contribution is 5.90. The summed E-state index contributed by atoms with van der Waals surface area (Å²) < 4.78 is 16.4. The van der Waals surface area contributed by atoms with E-state index in [1.165, 1.54) is 19.2 Å². The summed E-state index contributed by atoms with van der Waals surface area (Å²) >= 11 is 0. The van der Waals surface area contributed by atoms with Gasteiger partial charge in [-0.25, -0.2) is 4.79 Å². The second-order valence-electron chi connectivity index (χ2n) is 7.23. The Hall–Kier alpha value is -3.49. The van der Waals surface area contributed by atoms with Crippen LogP contribution in [0.4, 0.5) is 5.69 Å². The lowest BCUT2D eigenvalue weighted by molar-refractivity contribution is -0.384. The standard InChI is InChI=1S/C23H22N2O6/c1-29-23(26)17-7-5-16(6-8-17)22-19(15-24-9-11-30-12-10-24)14-21(31-22)18-3-2-4-20(13-18)25(27)28/h2-8,13-14H,9-12,15H2,1H3. The molecule has 0 N–H and O–H groups in total. The average Bonchev–Trinajstić information content (AvgIpc) is 3.23. The second kappa shape index (κ2) is 9.11. The number of carbonyl (C=O) groups is 1. The Morgan fingerprint density at radius 3 is 2.52 bits per heavy atom. The fraction of sp³-hybridized carbons (Fsp3) is 0.261. The molecule has 0 spiro atoms. The molecule has 0 saturated carbocycles. The molecule has 0 bridgehead atoms. The highest BCUT2D eigenvalue weighted by atomic mass is 16.6. The van der Waals surface area contributed by atoms with Gasteiger partial charge >= 0.3 is 5.97 Å². The maximum Gasteiger partial charge on any atom is 0.337 e. The maximum absolute atomic E-state index is 11.7. The third-order valence-corrected chi connectivity index (χ3v) is 5.22. The summed E-state index contributed by atoms with van der Waals surface area (Å²) in [7, 11) is 1.34. The van der Waals surface area contributed by atoms with E-state index in [2.05, 4.69) is 4.90 Å². The molecule has 1 fully saturated rings. The van der Waals surface area contributed by atoms with Gasteiger partial charge in [0.2, 0.25) is 0 Å². The zero-order valence-electron chi connectivity index (χ0n) is 17.1. The third kappa shape index (κ3) is 4.65. The van der Waals surface area contributed by atoms with E-state index in [1.807, 2.05) is 18.2 Å². The number of hydrogen-bond donors (Lipinski definition) is 0. The summed E-state index contributed by atoms with van der Waals surface area (Å²) in [5.41, 5.74) is 2.87. The molecule has 8 nitrogen and oxygen atoms in total. The normalized spacial score (nSPS) is 14.4. The number of morpholine rings is 1. The van der Waals surface area contributed by atoms with Gasteiger partial charge < -0.3 is 13.9 Å². The molecule has 160 valence electrons. The molecule has 31 heavy (non-hydrogen) atoms. The van der Waals surface area contributed by atoms with Gasteiger partial charge in [-0.3, -0.25) is 15.0 Å². The number of nitro benzene ring substituents is 1. The van der Waals surface area contributed by atoms with Gasteiger partial charge in [-0.05, 0) is 18.2 Å². The lowest BCUT2D eigenvalue weighted by atomic mass is 10.1. The van der Waals surface area contributed by atoms with Crippen molar-refractivity contribution in [2.45, 2.75) is 6.54 Å². The first-order valence-corrected chi connectivity index (χ1v) is 9.91. The number of nitrogens with zero attached hydrogens (tertiary/aromatic N) is 2. The Kier molecular flexibility index (Phi) is 6.11. The fourth-order valence-electron chi connectivity index (χ4n) is 3.58. The summed E-state index contributed by atoms with van der Waals surface area (Å²) in [6, 6.07) is 15.3. The van der Waals surface area contributed by atoms with Crippen LogP contribution in [0.2, 0.25) is 0 Å².